The van der Waals surface area contributed by atoms with E-state index in [1.807, 2.05) is 19.1 Å². The molecule has 0 atom stereocenters. The molecule has 0 aliphatic heterocycles. The number of hydrogen-bond acceptors (Lipinski definition) is 3. The Labute approximate surface area is 162 Å². The van der Waals surface area contributed by atoms with Gasteiger partial charge in [-0.15, -0.1) is 0 Å². The second-order valence-corrected chi connectivity index (χ2v) is 7.05. The average molecular weight is 388 g/mol. The molecule has 5 nitrogen and oxygen atoms in total. The average Bonchev–Trinajstić information content (AvgIpc) is 3.43. The van der Waals surface area contributed by atoms with E-state index in [2.05, 4.69) is 16.0 Å². The van der Waals surface area contributed by atoms with Crippen LogP contribution in [-0.4, -0.2) is 16.9 Å². The highest BCUT2D eigenvalue weighted by Crippen LogP contribution is 2.31. The number of amides is 2. The molecule has 0 heterocycles. The predicted molar refractivity (Wildman–Crippen MR) is 108 cm³/mol. The van der Waals surface area contributed by atoms with Gasteiger partial charge in [0, 0.05) is 27.9 Å². The van der Waals surface area contributed by atoms with E-state index in [1.54, 1.807) is 30.3 Å². The molecule has 3 rings (SSSR count). The Kier molecular flexibility index (Phi) is 5.54. The van der Waals surface area contributed by atoms with Gasteiger partial charge >= 0.3 is 0 Å². The van der Waals surface area contributed by atoms with Crippen molar-refractivity contribution in [2.24, 2.45) is 5.92 Å². The topological polar surface area (TPSA) is 70.2 Å². The first kappa shape index (κ1) is 18.4. The van der Waals surface area contributed by atoms with Crippen LogP contribution in [0.1, 0.15) is 28.8 Å². The van der Waals surface area contributed by atoms with Crippen molar-refractivity contribution in [3.8, 4) is 0 Å². The molecule has 0 unspecified atom stereocenters. The number of anilines is 2. The standard InChI is InChI=1S/C19H18ClN3O2S/c1-11-2-9-15(10-16(11)22-17(24)12-3-4-12)21-19(26)23-18(25)13-5-7-14(20)8-6-13/h2,5-10,12H,3-4H2,1H3,(H,22,24)(H2,21,23,25,26). The van der Waals surface area contributed by atoms with Gasteiger partial charge < -0.3 is 10.6 Å². The molecule has 2 amide bonds. The van der Waals surface area contributed by atoms with E-state index in [0.29, 0.717) is 16.3 Å². The number of halogens is 1. The number of hydrogen-bond donors (Lipinski definition) is 3. The molecule has 0 aromatic heterocycles. The second-order valence-electron chi connectivity index (χ2n) is 6.21. The maximum Gasteiger partial charge on any atom is 0.257 e. The second kappa shape index (κ2) is 7.85. The first-order chi connectivity index (χ1) is 12.4. The van der Waals surface area contributed by atoms with E-state index in [1.165, 1.54) is 0 Å². The van der Waals surface area contributed by atoms with Gasteiger partial charge in [0.25, 0.3) is 5.91 Å². The number of rotatable bonds is 4. The van der Waals surface area contributed by atoms with Gasteiger partial charge in [0.1, 0.15) is 0 Å². The summed E-state index contributed by atoms with van der Waals surface area (Å²) in [5.74, 6) is -0.150. The molecule has 1 aliphatic rings. The molecule has 0 radical (unpaired) electrons. The molecule has 0 bridgehead atoms. The van der Waals surface area contributed by atoms with Crippen LogP contribution in [0.15, 0.2) is 42.5 Å². The lowest BCUT2D eigenvalue weighted by Gasteiger charge is -2.13. The zero-order valence-corrected chi connectivity index (χ0v) is 15.7. The van der Waals surface area contributed by atoms with Gasteiger partial charge in [-0.3, -0.25) is 14.9 Å². The minimum atomic E-state index is -0.325. The van der Waals surface area contributed by atoms with Gasteiger partial charge in [0.2, 0.25) is 5.91 Å². The predicted octanol–water partition coefficient (Wildman–Crippen LogP) is 4.12. The van der Waals surface area contributed by atoms with Gasteiger partial charge in [-0.25, -0.2) is 0 Å². The summed E-state index contributed by atoms with van der Waals surface area (Å²) in [5, 5.41) is 9.25. The third-order valence-electron chi connectivity index (χ3n) is 4.03. The number of aryl methyl sites for hydroxylation is 1. The van der Waals surface area contributed by atoms with Crippen molar-refractivity contribution in [3.05, 3.63) is 58.6 Å². The summed E-state index contributed by atoms with van der Waals surface area (Å²) in [5.41, 5.74) is 2.84. The lowest BCUT2D eigenvalue weighted by molar-refractivity contribution is -0.117. The Morgan fingerprint density at radius 3 is 2.42 bits per heavy atom. The highest BCUT2D eigenvalue weighted by Gasteiger charge is 2.29. The molecule has 1 fully saturated rings. The Morgan fingerprint density at radius 1 is 1.08 bits per heavy atom. The minimum absolute atomic E-state index is 0.0452. The molecule has 2 aromatic carbocycles. The summed E-state index contributed by atoms with van der Waals surface area (Å²) in [6, 6.07) is 12.0. The van der Waals surface area contributed by atoms with E-state index in [-0.39, 0.29) is 22.8 Å². The van der Waals surface area contributed by atoms with Crippen LogP contribution in [0.2, 0.25) is 5.02 Å². The van der Waals surface area contributed by atoms with E-state index in [9.17, 15) is 9.59 Å². The third-order valence-corrected chi connectivity index (χ3v) is 4.49. The van der Waals surface area contributed by atoms with Crippen LogP contribution in [-0.2, 0) is 4.79 Å². The number of nitrogens with one attached hydrogen (secondary N) is 3. The van der Waals surface area contributed by atoms with Crippen molar-refractivity contribution in [1.29, 1.82) is 0 Å². The van der Waals surface area contributed by atoms with Crippen LogP contribution in [0, 0.1) is 12.8 Å². The van der Waals surface area contributed by atoms with Crippen LogP contribution in [0.4, 0.5) is 11.4 Å². The van der Waals surface area contributed by atoms with Crippen molar-refractivity contribution >= 4 is 52.1 Å². The largest absolute Gasteiger partial charge is 0.332 e. The fourth-order valence-corrected chi connectivity index (χ4v) is 2.69. The van der Waals surface area contributed by atoms with Crippen molar-refractivity contribution < 1.29 is 9.59 Å². The van der Waals surface area contributed by atoms with Crippen molar-refractivity contribution in [1.82, 2.24) is 5.32 Å². The quantitative estimate of drug-likeness (QED) is 0.690. The normalized spacial score (nSPS) is 13.0. The Balaban J connectivity index is 1.62. The summed E-state index contributed by atoms with van der Waals surface area (Å²) >= 11 is 11.0. The highest BCUT2D eigenvalue weighted by atomic mass is 35.5. The van der Waals surface area contributed by atoms with Gasteiger partial charge in [0.15, 0.2) is 5.11 Å². The van der Waals surface area contributed by atoms with Gasteiger partial charge in [0.05, 0.1) is 0 Å². The molecule has 1 aliphatic carbocycles. The SMILES string of the molecule is Cc1ccc(NC(=S)NC(=O)c2ccc(Cl)cc2)cc1NC(=O)C1CC1. The van der Waals surface area contributed by atoms with Crippen molar-refractivity contribution in [2.75, 3.05) is 10.6 Å². The molecular weight excluding hydrogens is 370 g/mol. The number of thiocarbonyl (C=S) groups is 1. The maximum absolute atomic E-state index is 12.2. The lowest BCUT2D eigenvalue weighted by Crippen LogP contribution is -2.34. The first-order valence-electron chi connectivity index (χ1n) is 8.22. The highest BCUT2D eigenvalue weighted by molar-refractivity contribution is 7.80. The zero-order chi connectivity index (χ0) is 18.7. The van der Waals surface area contributed by atoms with Crippen LogP contribution < -0.4 is 16.0 Å². The smallest absolute Gasteiger partial charge is 0.257 e. The number of carbonyl (C=O) groups is 2. The fraction of sp³-hybridized carbons (Fsp3) is 0.211. The zero-order valence-electron chi connectivity index (χ0n) is 14.1. The molecule has 2 aromatic rings. The van der Waals surface area contributed by atoms with Crippen LogP contribution in [0.3, 0.4) is 0 Å². The molecular formula is C19H18ClN3O2S. The van der Waals surface area contributed by atoms with Gasteiger partial charge in [-0.2, -0.15) is 0 Å². The lowest BCUT2D eigenvalue weighted by atomic mass is 10.1. The van der Waals surface area contributed by atoms with Crippen LogP contribution >= 0.6 is 23.8 Å². The fourth-order valence-electron chi connectivity index (χ4n) is 2.35. The molecule has 26 heavy (non-hydrogen) atoms. The molecule has 1 saturated carbocycles. The summed E-state index contributed by atoms with van der Waals surface area (Å²) < 4.78 is 0. The molecule has 0 saturated heterocycles. The molecule has 7 heteroatoms. The summed E-state index contributed by atoms with van der Waals surface area (Å²) in [7, 11) is 0. The number of carbonyl (C=O) groups excluding carboxylic acids is 2. The molecule has 3 N–H and O–H groups in total. The van der Waals surface area contributed by atoms with E-state index in [4.69, 9.17) is 23.8 Å². The Morgan fingerprint density at radius 2 is 1.77 bits per heavy atom. The van der Waals surface area contributed by atoms with Crippen LogP contribution in [0.25, 0.3) is 0 Å². The van der Waals surface area contributed by atoms with E-state index in [0.717, 1.165) is 24.1 Å². The Hall–Kier alpha value is -2.44. The van der Waals surface area contributed by atoms with Crippen LogP contribution in [0.5, 0.6) is 0 Å². The number of benzene rings is 2. The third kappa shape index (κ3) is 4.80. The minimum Gasteiger partial charge on any atom is -0.332 e. The molecule has 0 spiro atoms. The van der Waals surface area contributed by atoms with Crippen molar-refractivity contribution in [2.45, 2.75) is 19.8 Å². The van der Waals surface area contributed by atoms with Gasteiger partial charge in [-0.1, -0.05) is 17.7 Å². The first-order valence-corrected chi connectivity index (χ1v) is 9.00. The van der Waals surface area contributed by atoms with Crippen molar-refractivity contribution in [3.63, 3.8) is 0 Å². The van der Waals surface area contributed by atoms with E-state index >= 15 is 0 Å². The maximum atomic E-state index is 12.2. The molecule has 134 valence electrons. The Bertz CT molecular complexity index is 864. The monoisotopic (exact) mass is 387 g/mol. The van der Waals surface area contributed by atoms with E-state index < -0.39 is 0 Å². The van der Waals surface area contributed by atoms with Gasteiger partial charge in [-0.05, 0) is 73.9 Å². The summed E-state index contributed by atoms with van der Waals surface area (Å²) in [4.78, 5) is 24.1. The summed E-state index contributed by atoms with van der Waals surface area (Å²) in [6.07, 6.45) is 1.90. The summed E-state index contributed by atoms with van der Waals surface area (Å²) in [6.45, 7) is 1.92.